The third-order valence-corrected chi connectivity index (χ3v) is 3.41. The Morgan fingerprint density at radius 3 is 2.64 bits per heavy atom. The van der Waals surface area contributed by atoms with Gasteiger partial charge in [0, 0.05) is 17.6 Å². The van der Waals surface area contributed by atoms with Crippen LogP contribution in [0.1, 0.15) is 10.4 Å². The Kier molecular flexibility index (Phi) is 5.61. The van der Waals surface area contributed by atoms with Gasteiger partial charge >= 0.3 is 5.97 Å². The summed E-state index contributed by atoms with van der Waals surface area (Å²) in [5, 5.41) is 23.6. The van der Waals surface area contributed by atoms with Gasteiger partial charge in [-0.05, 0) is 36.4 Å². The monoisotopic (exact) mass is 356 g/mol. The predicted molar refractivity (Wildman–Crippen MR) is 95.2 cm³/mol. The van der Waals surface area contributed by atoms with Crippen molar-refractivity contribution in [2.24, 2.45) is 0 Å². The van der Waals surface area contributed by atoms with Crippen LogP contribution in [0.4, 0.5) is 17.1 Å². The van der Waals surface area contributed by atoms with Crippen LogP contribution < -0.4 is 16.4 Å². The normalized spacial score (nSPS) is 10.6. The highest BCUT2D eigenvalue weighted by Gasteiger charge is 2.11. The molecule has 0 aromatic heterocycles. The van der Waals surface area contributed by atoms with Crippen LogP contribution in [0, 0.1) is 11.3 Å². The van der Waals surface area contributed by atoms with E-state index in [0.717, 1.165) is 0 Å². The lowest BCUT2D eigenvalue weighted by molar-refractivity contribution is -0.112. The van der Waals surface area contributed by atoms with E-state index in [1.54, 1.807) is 18.2 Å². The van der Waals surface area contributed by atoms with Gasteiger partial charge in [-0.3, -0.25) is 4.79 Å². The SMILES string of the molecule is N#C/C(=C/Nc1ccc(N)cc1Cl)C(=O)Nc1cccc(C(=O)O)c1. The minimum Gasteiger partial charge on any atom is -0.478 e. The molecule has 1 amide bonds. The molecule has 0 radical (unpaired) electrons. The average Bonchev–Trinajstić information content (AvgIpc) is 2.57. The molecule has 126 valence electrons. The molecule has 2 aromatic rings. The number of anilines is 3. The van der Waals surface area contributed by atoms with Crippen molar-refractivity contribution in [3.63, 3.8) is 0 Å². The number of carboxylic acid groups (broad SMARTS) is 1. The number of nitrogens with one attached hydrogen (secondary N) is 2. The fourth-order valence-corrected chi connectivity index (χ4v) is 2.12. The van der Waals surface area contributed by atoms with Crippen LogP contribution in [0.3, 0.4) is 0 Å². The summed E-state index contributed by atoms with van der Waals surface area (Å²) in [6.45, 7) is 0. The van der Waals surface area contributed by atoms with Crippen LogP contribution >= 0.6 is 11.6 Å². The first-order valence-corrected chi connectivity index (χ1v) is 7.35. The number of nitrogens with zero attached hydrogens (tertiary/aromatic N) is 1. The van der Waals surface area contributed by atoms with E-state index in [0.29, 0.717) is 16.4 Å². The molecule has 0 atom stereocenters. The fourth-order valence-electron chi connectivity index (χ4n) is 1.88. The summed E-state index contributed by atoms with van der Waals surface area (Å²) in [6.07, 6.45) is 1.20. The molecule has 0 fully saturated rings. The first-order valence-electron chi connectivity index (χ1n) is 6.97. The summed E-state index contributed by atoms with van der Waals surface area (Å²) in [7, 11) is 0. The largest absolute Gasteiger partial charge is 0.478 e. The number of nitriles is 1. The van der Waals surface area contributed by atoms with Gasteiger partial charge in [0.25, 0.3) is 5.91 Å². The molecular weight excluding hydrogens is 344 g/mol. The molecule has 0 aliphatic rings. The van der Waals surface area contributed by atoms with Crippen molar-refractivity contribution in [1.82, 2.24) is 0 Å². The summed E-state index contributed by atoms with van der Waals surface area (Å²) in [5.74, 6) is -1.81. The molecule has 0 bridgehead atoms. The average molecular weight is 357 g/mol. The van der Waals surface area contributed by atoms with Crippen LogP contribution in [0.2, 0.25) is 5.02 Å². The molecule has 25 heavy (non-hydrogen) atoms. The van der Waals surface area contributed by atoms with Crippen molar-refractivity contribution >= 4 is 40.5 Å². The number of amides is 1. The second kappa shape index (κ2) is 7.86. The smallest absolute Gasteiger partial charge is 0.335 e. The topological polar surface area (TPSA) is 128 Å². The molecule has 0 saturated carbocycles. The van der Waals surface area contributed by atoms with Crippen molar-refractivity contribution in [2.75, 3.05) is 16.4 Å². The van der Waals surface area contributed by atoms with Gasteiger partial charge in [0.2, 0.25) is 0 Å². The van der Waals surface area contributed by atoms with E-state index < -0.39 is 11.9 Å². The summed E-state index contributed by atoms with van der Waals surface area (Å²) >= 11 is 6.00. The van der Waals surface area contributed by atoms with E-state index in [1.807, 2.05) is 0 Å². The molecule has 5 N–H and O–H groups in total. The van der Waals surface area contributed by atoms with Gasteiger partial charge < -0.3 is 21.5 Å². The Morgan fingerprint density at radius 2 is 2.00 bits per heavy atom. The van der Waals surface area contributed by atoms with Gasteiger partial charge in [-0.2, -0.15) is 5.26 Å². The van der Waals surface area contributed by atoms with Crippen molar-refractivity contribution in [2.45, 2.75) is 0 Å². The number of halogens is 1. The minimum atomic E-state index is -1.12. The van der Waals surface area contributed by atoms with Crippen LogP contribution in [-0.4, -0.2) is 17.0 Å². The van der Waals surface area contributed by atoms with Crippen molar-refractivity contribution < 1.29 is 14.7 Å². The molecule has 0 aliphatic heterocycles. The minimum absolute atomic E-state index is 0.0204. The highest BCUT2D eigenvalue weighted by molar-refractivity contribution is 6.33. The van der Waals surface area contributed by atoms with Gasteiger partial charge in [0.05, 0.1) is 16.3 Å². The van der Waals surface area contributed by atoms with Crippen LogP contribution in [0.5, 0.6) is 0 Å². The zero-order valence-corrected chi connectivity index (χ0v) is 13.5. The third-order valence-electron chi connectivity index (χ3n) is 3.10. The maximum Gasteiger partial charge on any atom is 0.335 e. The van der Waals surface area contributed by atoms with E-state index in [9.17, 15) is 9.59 Å². The van der Waals surface area contributed by atoms with Gasteiger partial charge in [0.1, 0.15) is 11.6 Å². The number of hydrogen-bond acceptors (Lipinski definition) is 5. The molecule has 2 rings (SSSR count). The summed E-state index contributed by atoms with van der Waals surface area (Å²) < 4.78 is 0. The van der Waals surface area contributed by atoms with Crippen LogP contribution in [0.25, 0.3) is 0 Å². The molecule has 8 heteroatoms. The van der Waals surface area contributed by atoms with Gasteiger partial charge in [-0.25, -0.2) is 4.79 Å². The third kappa shape index (κ3) is 4.73. The summed E-state index contributed by atoms with van der Waals surface area (Å²) in [4.78, 5) is 23.1. The highest BCUT2D eigenvalue weighted by atomic mass is 35.5. The number of nitrogen functional groups attached to an aromatic ring is 1. The van der Waals surface area contributed by atoms with E-state index in [1.165, 1.54) is 36.5 Å². The first-order chi connectivity index (χ1) is 11.9. The Hall–Kier alpha value is -3.50. The lowest BCUT2D eigenvalue weighted by Gasteiger charge is -2.07. The predicted octanol–water partition coefficient (Wildman–Crippen LogP) is 3.08. The molecule has 0 spiro atoms. The summed E-state index contributed by atoms with van der Waals surface area (Å²) in [5.41, 5.74) is 6.62. The van der Waals surface area contributed by atoms with Gasteiger partial charge in [-0.15, -0.1) is 0 Å². The van der Waals surface area contributed by atoms with Gasteiger partial charge in [0.15, 0.2) is 0 Å². The quantitative estimate of drug-likeness (QED) is 0.370. The molecule has 7 nitrogen and oxygen atoms in total. The lowest BCUT2D eigenvalue weighted by atomic mass is 10.2. The first kappa shape index (κ1) is 17.8. The number of nitrogens with two attached hydrogens (primary N) is 1. The number of rotatable bonds is 5. The van der Waals surface area contributed by atoms with Crippen LogP contribution in [-0.2, 0) is 4.79 Å². The Balaban J connectivity index is 2.14. The number of aromatic carboxylic acids is 1. The molecule has 0 unspecified atom stereocenters. The molecular formula is C17H13ClN4O3. The zero-order valence-electron chi connectivity index (χ0n) is 12.8. The molecule has 2 aromatic carbocycles. The Morgan fingerprint density at radius 1 is 1.24 bits per heavy atom. The standard InChI is InChI=1S/C17H13ClN4O3/c18-14-7-12(20)4-5-15(14)21-9-11(8-19)16(23)22-13-3-1-2-10(6-13)17(24)25/h1-7,9,21H,20H2,(H,22,23)(H,24,25)/b11-9-. The molecule has 0 saturated heterocycles. The number of carbonyl (C=O) groups excluding carboxylic acids is 1. The van der Waals surface area contributed by atoms with Crippen molar-refractivity contribution in [1.29, 1.82) is 5.26 Å². The number of carbonyl (C=O) groups is 2. The number of hydrogen-bond donors (Lipinski definition) is 4. The van der Waals surface area contributed by atoms with E-state index >= 15 is 0 Å². The highest BCUT2D eigenvalue weighted by Crippen LogP contribution is 2.24. The van der Waals surface area contributed by atoms with E-state index in [4.69, 9.17) is 27.7 Å². The molecule has 0 heterocycles. The number of carboxylic acids is 1. The number of benzene rings is 2. The van der Waals surface area contributed by atoms with Gasteiger partial charge in [-0.1, -0.05) is 17.7 Å². The van der Waals surface area contributed by atoms with Crippen molar-refractivity contribution in [3.05, 3.63) is 64.8 Å². The zero-order chi connectivity index (χ0) is 18.4. The van der Waals surface area contributed by atoms with Crippen molar-refractivity contribution in [3.8, 4) is 6.07 Å². The lowest BCUT2D eigenvalue weighted by Crippen LogP contribution is -2.15. The Bertz CT molecular complexity index is 903. The fraction of sp³-hybridized carbons (Fsp3) is 0. The van der Waals surface area contributed by atoms with E-state index in [-0.39, 0.29) is 16.8 Å². The van der Waals surface area contributed by atoms with E-state index in [2.05, 4.69) is 10.6 Å². The Labute approximate surface area is 148 Å². The maximum atomic E-state index is 12.1. The van der Waals surface area contributed by atoms with Crippen LogP contribution in [0.15, 0.2) is 54.2 Å². The maximum absolute atomic E-state index is 12.1. The second-order valence-corrected chi connectivity index (χ2v) is 5.30. The summed E-state index contributed by atoms with van der Waals surface area (Å²) in [6, 6.07) is 12.2. The second-order valence-electron chi connectivity index (χ2n) is 4.89. The molecule has 0 aliphatic carbocycles.